The van der Waals surface area contributed by atoms with Gasteiger partial charge in [-0.1, -0.05) is 60.7 Å². The Hall–Kier alpha value is -4.10. The van der Waals surface area contributed by atoms with E-state index in [0.29, 0.717) is 23.7 Å². The molecule has 0 radical (unpaired) electrons. The van der Waals surface area contributed by atoms with Crippen molar-refractivity contribution in [2.75, 3.05) is 16.2 Å². The summed E-state index contributed by atoms with van der Waals surface area (Å²) < 4.78 is 33.7. The van der Waals surface area contributed by atoms with Gasteiger partial charge in [0.25, 0.3) is 10.0 Å². The summed E-state index contributed by atoms with van der Waals surface area (Å²) >= 11 is 0. The van der Waals surface area contributed by atoms with E-state index in [0.717, 1.165) is 15.4 Å². The van der Waals surface area contributed by atoms with Crippen LogP contribution in [0.25, 0.3) is 0 Å². The molecule has 178 valence electrons. The highest BCUT2D eigenvalue weighted by Gasteiger charge is 2.27. The molecule has 0 bridgehead atoms. The molecule has 4 aromatic rings. The lowest BCUT2D eigenvalue weighted by atomic mass is 10.2. The van der Waals surface area contributed by atoms with E-state index in [1.807, 2.05) is 43.3 Å². The molecule has 0 saturated carbocycles. The third kappa shape index (κ3) is 6.28. The molecule has 0 fully saturated rings. The van der Waals surface area contributed by atoms with Crippen LogP contribution in [0.4, 0.5) is 11.4 Å². The van der Waals surface area contributed by atoms with Crippen molar-refractivity contribution in [2.24, 2.45) is 0 Å². The van der Waals surface area contributed by atoms with Gasteiger partial charge in [-0.05, 0) is 66.6 Å². The summed E-state index contributed by atoms with van der Waals surface area (Å²) in [5.41, 5.74) is 2.92. The predicted molar refractivity (Wildman–Crippen MR) is 138 cm³/mol. The zero-order valence-electron chi connectivity index (χ0n) is 19.3. The Morgan fingerprint density at radius 3 is 2.14 bits per heavy atom. The SMILES string of the molecule is Cc1cccc(N(CC(=O)Nc2ccc(OCc3ccccc3)cc2)S(=O)(=O)c2ccccc2)c1. The highest BCUT2D eigenvalue weighted by Crippen LogP contribution is 2.25. The van der Waals surface area contributed by atoms with Crippen molar-refractivity contribution in [3.63, 3.8) is 0 Å². The largest absolute Gasteiger partial charge is 0.489 e. The lowest BCUT2D eigenvalue weighted by Gasteiger charge is -2.24. The molecule has 7 heteroatoms. The minimum Gasteiger partial charge on any atom is -0.489 e. The molecule has 0 aliphatic heterocycles. The van der Waals surface area contributed by atoms with Crippen molar-refractivity contribution in [1.82, 2.24) is 0 Å². The molecule has 0 spiro atoms. The fraction of sp³-hybridized carbons (Fsp3) is 0.107. The van der Waals surface area contributed by atoms with E-state index in [9.17, 15) is 13.2 Å². The van der Waals surface area contributed by atoms with Crippen LogP contribution >= 0.6 is 0 Å². The molecule has 0 aliphatic rings. The molecule has 4 rings (SSSR count). The van der Waals surface area contributed by atoms with E-state index in [4.69, 9.17) is 4.74 Å². The Morgan fingerprint density at radius 1 is 0.829 bits per heavy atom. The fourth-order valence-electron chi connectivity index (χ4n) is 3.52. The predicted octanol–water partition coefficient (Wildman–Crippen LogP) is 5.41. The Labute approximate surface area is 205 Å². The van der Waals surface area contributed by atoms with Gasteiger partial charge in [0.05, 0.1) is 10.6 Å². The Kier molecular flexibility index (Phi) is 7.48. The molecular formula is C28H26N2O4S. The number of amides is 1. The number of aryl methyl sites for hydroxylation is 1. The van der Waals surface area contributed by atoms with Gasteiger partial charge in [0, 0.05) is 5.69 Å². The summed E-state index contributed by atoms with van der Waals surface area (Å²) in [7, 11) is -3.95. The number of rotatable bonds is 9. The molecule has 0 heterocycles. The van der Waals surface area contributed by atoms with Crippen molar-refractivity contribution in [1.29, 1.82) is 0 Å². The summed E-state index contributed by atoms with van der Waals surface area (Å²) in [6.45, 7) is 1.95. The monoisotopic (exact) mass is 486 g/mol. The Balaban J connectivity index is 1.47. The van der Waals surface area contributed by atoms with Crippen LogP contribution in [0.5, 0.6) is 5.75 Å². The minimum absolute atomic E-state index is 0.120. The summed E-state index contributed by atoms with van der Waals surface area (Å²) in [6.07, 6.45) is 0. The topological polar surface area (TPSA) is 75.7 Å². The average molecular weight is 487 g/mol. The molecule has 6 nitrogen and oxygen atoms in total. The fourth-order valence-corrected chi connectivity index (χ4v) is 4.96. The normalized spacial score (nSPS) is 11.0. The number of carbonyl (C=O) groups is 1. The van der Waals surface area contributed by atoms with E-state index < -0.39 is 15.9 Å². The number of benzene rings is 4. The smallest absolute Gasteiger partial charge is 0.264 e. The van der Waals surface area contributed by atoms with Gasteiger partial charge in [-0.25, -0.2) is 8.42 Å². The molecule has 0 saturated heterocycles. The summed E-state index contributed by atoms with van der Waals surface area (Å²) in [5, 5.41) is 2.78. The highest BCUT2D eigenvalue weighted by atomic mass is 32.2. The van der Waals surface area contributed by atoms with Crippen LogP contribution in [0, 0.1) is 6.92 Å². The molecule has 1 amide bonds. The first-order chi connectivity index (χ1) is 16.9. The first-order valence-electron chi connectivity index (χ1n) is 11.1. The van der Waals surface area contributed by atoms with E-state index in [1.54, 1.807) is 60.7 Å². The lowest BCUT2D eigenvalue weighted by molar-refractivity contribution is -0.114. The zero-order valence-corrected chi connectivity index (χ0v) is 20.1. The van der Waals surface area contributed by atoms with E-state index >= 15 is 0 Å². The summed E-state index contributed by atoms with van der Waals surface area (Å²) in [4.78, 5) is 13.0. The second kappa shape index (κ2) is 10.9. The summed E-state index contributed by atoms with van der Waals surface area (Å²) in [5.74, 6) is 0.212. The Morgan fingerprint density at radius 2 is 1.49 bits per heavy atom. The number of hydrogen-bond acceptors (Lipinski definition) is 4. The zero-order chi connectivity index (χ0) is 24.7. The number of nitrogens with zero attached hydrogens (tertiary/aromatic N) is 1. The van der Waals surface area contributed by atoms with Crippen LogP contribution in [-0.4, -0.2) is 20.9 Å². The van der Waals surface area contributed by atoms with Crippen LogP contribution < -0.4 is 14.4 Å². The maximum absolute atomic E-state index is 13.4. The number of hydrogen-bond donors (Lipinski definition) is 1. The molecule has 4 aromatic carbocycles. The maximum atomic E-state index is 13.4. The van der Waals surface area contributed by atoms with Gasteiger partial charge in [0.15, 0.2) is 0 Å². The van der Waals surface area contributed by atoms with Crippen LogP contribution in [0.2, 0.25) is 0 Å². The Bertz CT molecular complexity index is 1370. The maximum Gasteiger partial charge on any atom is 0.264 e. The van der Waals surface area contributed by atoms with Gasteiger partial charge >= 0.3 is 0 Å². The number of anilines is 2. The van der Waals surface area contributed by atoms with Crippen molar-refractivity contribution >= 4 is 27.3 Å². The van der Waals surface area contributed by atoms with Crippen molar-refractivity contribution < 1.29 is 17.9 Å². The molecule has 35 heavy (non-hydrogen) atoms. The standard InChI is InChI=1S/C28H26N2O4S/c1-22-9-8-12-25(19-22)30(35(32,33)27-13-6-3-7-14-27)20-28(31)29-24-15-17-26(18-16-24)34-21-23-10-4-2-5-11-23/h2-19H,20-21H2,1H3,(H,29,31). The highest BCUT2D eigenvalue weighted by molar-refractivity contribution is 7.92. The van der Waals surface area contributed by atoms with Crippen molar-refractivity contribution in [3.8, 4) is 5.75 Å². The molecule has 0 aromatic heterocycles. The number of carbonyl (C=O) groups excluding carboxylic acids is 1. The van der Waals surface area contributed by atoms with Crippen LogP contribution in [0.15, 0.2) is 114 Å². The first kappa shape index (κ1) is 24.0. The number of ether oxygens (including phenoxy) is 1. The third-order valence-electron chi connectivity index (χ3n) is 5.29. The van der Waals surface area contributed by atoms with Gasteiger partial charge in [-0.2, -0.15) is 0 Å². The lowest BCUT2D eigenvalue weighted by Crippen LogP contribution is -2.38. The van der Waals surface area contributed by atoms with Crippen molar-refractivity contribution in [3.05, 3.63) is 120 Å². The average Bonchev–Trinajstić information content (AvgIpc) is 2.88. The van der Waals surface area contributed by atoms with Gasteiger partial charge in [-0.3, -0.25) is 9.10 Å². The molecule has 0 unspecified atom stereocenters. The van der Waals surface area contributed by atoms with Crippen LogP contribution in [0.3, 0.4) is 0 Å². The minimum atomic E-state index is -3.95. The van der Waals surface area contributed by atoms with Crippen LogP contribution in [0.1, 0.15) is 11.1 Å². The van der Waals surface area contributed by atoms with E-state index in [1.165, 1.54) is 12.1 Å². The van der Waals surface area contributed by atoms with Gasteiger partial charge in [0.2, 0.25) is 5.91 Å². The third-order valence-corrected chi connectivity index (χ3v) is 7.08. The van der Waals surface area contributed by atoms with Gasteiger partial charge in [-0.15, -0.1) is 0 Å². The van der Waals surface area contributed by atoms with E-state index in [-0.39, 0.29) is 11.4 Å². The number of sulfonamides is 1. The van der Waals surface area contributed by atoms with Gasteiger partial charge in [0.1, 0.15) is 18.9 Å². The first-order valence-corrected chi connectivity index (χ1v) is 12.6. The van der Waals surface area contributed by atoms with Gasteiger partial charge < -0.3 is 10.1 Å². The van der Waals surface area contributed by atoms with Crippen molar-refractivity contribution in [2.45, 2.75) is 18.4 Å². The molecule has 1 N–H and O–H groups in total. The summed E-state index contributed by atoms with van der Waals surface area (Å²) in [6, 6.07) is 32.0. The van der Waals surface area contributed by atoms with E-state index in [2.05, 4.69) is 5.32 Å². The quantitative estimate of drug-likeness (QED) is 0.343. The van der Waals surface area contributed by atoms with Crippen LogP contribution in [-0.2, 0) is 21.4 Å². The number of nitrogens with one attached hydrogen (secondary N) is 1. The molecular weight excluding hydrogens is 460 g/mol. The molecule has 0 aliphatic carbocycles. The molecule has 0 atom stereocenters. The second-order valence-corrected chi connectivity index (χ2v) is 9.87. The second-order valence-electron chi connectivity index (χ2n) is 8.01.